The van der Waals surface area contributed by atoms with E-state index in [1.807, 2.05) is 24.3 Å². The molecule has 8 heteroatoms. The molecule has 3 aromatic rings. The maximum atomic E-state index is 9.45. The first-order valence-electron chi connectivity index (χ1n) is 7.05. The van der Waals surface area contributed by atoms with Gasteiger partial charge in [0.05, 0.1) is 10.6 Å². The van der Waals surface area contributed by atoms with Crippen LogP contribution in [-0.2, 0) is 0 Å². The summed E-state index contributed by atoms with van der Waals surface area (Å²) in [5.74, 6) is 0.847. The van der Waals surface area contributed by atoms with Crippen LogP contribution >= 0.6 is 27.5 Å². The van der Waals surface area contributed by atoms with Crippen LogP contribution in [0.5, 0.6) is 11.5 Å². The van der Waals surface area contributed by atoms with Crippen LogP contribution in [-0.4, -0.2) is 9.97 Å². The van der Waals surface area contributed by atoms with Crippen LogP contribution < -0.4 is 16.2 Å². The number of rotatable bonds is 3. The van der Waals surface area contributed by atoms with Gasteiger partial charge in [-0.3, -0.25) is 0 Å². The summed E-state index contributed by atoms with van der Waals surface area (Å²) in [6.07, 6.45) is 0. The number of hydrogen-bond acceptors (Lipinski definition) is 6. The smallest absolute Gasteiger partial charge is 0.222 e. The number of nitrogens with zero attached hydrogens (tertiary/aromatic N) is 3. The zero-order valence-corrected chi connectivity index (χ0v) is 15.0. The van der Waals surface area contributed by atoms with Gasteiger partial charge in [0.2, 0.25) is 5.95 Å². The summed E-state index contributed by atoms with van der Waals surface area (Å²) in [4.78, 5) is 8.00. The van der Waals surface area contributed by atoms with Crippen LogP contribution in [0.3, 0.4) is 0 Å². The Labute approximate surface area is 157 Å². The molecule has 3 rings (SSSR count). The lowest BCUT2D eigenvalue weighted by Crippen LogP contribution is -2.06. The third-order valence-electron chi connectivity index (χ3n) is 3.32. The molecule has 0 spiro atoms. The van der Waals surface area contributed by atoms with E-state index >= 15 is 0 Å². The highest BCUT2D eigenvalue weighted by Gasteiger charge is 2.22. The molecule has 0 bridgehead atoms. The second-order valence-electron chi connectivity index (χ2n) is 4.95. The highest BCUT2D eigenvalue weighted by atomic mass is 79.9. The van der Waals surface area contributed by atoms with Crippen LogP contribution in [0.4, 0.5) is 11.8 Å². The topological polar surface area (TPSA) is 111 Å². The summed E-state index contributed by atoms with van der Waals surface area (Å²) in [6.45, 7) is 0. The van der Waals surface area contributed by atoms with E-state index in [1.54, 1.807) is 24.3 Å². The molecular weight excluding hydrogens is 406 g/mol. The van der Waals surface area contributed by atoms with Gasteiger partial charge in [-0.1, -0.05) is 29.8 Å². The fourth-order valence-electron chi connectivity index (χ4n) is 2.25. The number of anilines is 2. The first-order chi connectivity index (χ1) is 12.0. The SMILES string of the molecule is N#Cc1c(N)nc(N)nc1-c1c(Br)ccc(Cl)c1Oc1ccccc1. The molecule has 0 aliphatic heterocycles. The lowest BCUT2D eigenvalue weighted by molar-refractivity contribution is 0.484. The van der Waals surface area contributed by atoms with E-state index in [0.717, 1.165) is 0 Å². The number of hydrogen-bond donors (Lipinski definition) is 2. The van der Waals surface area contributed by atoms with Gasteiger partial charge in [-0.15, -0.1) is 0 Å². The summed E-state index contributed by atoms with van der Waals surface area (Å²) in [6, 6.07) is 14.5. The molecule has 1 heterocycles. The first-order valence-corrected chi connectivity index (χ1v) is 8.22. The average Bonchev–Trinajstić information content (AvgIpc) is 2.59. The molecule has 2 aromatic carbocycles. The van der Waals surface area contributed by atoms with Crippen molar-refractivity contribution in [3.05, 3.63) is 57.5 Å². The summed E-state index contributed by atoms with van der Waals surface area (Å²) >= 11 is 9.80. The molecule has 25 heavy (non-hydrogen) atoms. The van der Waals surface area contributed by atoms with Crippen molar-refractivity contribution in [1.82, 2.24) is 9.97 Å². The minimum atomic E-state index is -0.0518. The second-order valence-corrected chi connectivity index (χ2v) is 6.21. The van der Waals surface area contributed by atoms with Crippen LogP contribution in [0.1, 0.15) is 5.56 Å². The van der Waals surface area contributed by atoms with Crippen LogP contribution in [0.15, 0.2) is 46.9 Å². The Balaban J connectivity index is 2.28. The number of ether oxygens (including phenoxy) is 1. The fraction of sp³-hybridized carbons (Fsp3) is 0. The predicted molar refractivity (Wildman–Crippen MR) is 100 cm³/mol. The molecule has 0 unspecified atom stereocenters. The molecule has 0 saturated carbocycles. The summed E-state index contributed by atoms with van der Waals surface area (Å²) in [5.41, 5.74) is 12.3. The van der Waals surface area contributed by atoms with E-state index in [-0.39, 0.29) is 23.0 Å². The van der Waals surface area contributed by atoms with Crippen molar-refractivity contribution in [1.29, 1.82) is 5.26 Å². The molecule has 0 atom stereocenters. The highest BCUT2D eigenvalue weighted by Crippen LogP contribution is 2.44. The lowest BCUT2D eigenvalue weighted by Gasteiger charge is -2.15. The average molecular weight is 417 g/mol. The van der Waals surface area contributed by atoms with Gasteiger partial charge in [-0.2, -0.15) is 10.2 Å². The number of aromatic nitrogens is 2. The number of halogens is 2. The molecule has 0 fully saturated rings. The van der Waals surface area contributed by atoms with Crippen LogP contribution in [0.25, 0.3) is 11.3 Å². The van der Waals surface area contributed by atoms with Crippen molar-refractivity contribution in [2.24, 2.45) is 0 Å². The Hall–Kier alpha value is -2.82. The van der Waals surface area contributed by atoms with Gasteiger partial charge in [0.15, 0.2) is 5.75 Å². The van der Waals surface area contributed by atoms with Crippen molar-refractivity contribution < 1.29 is 4.74 Å². The molecule has 0 saturated heterocycles. The molecule has 124 valence electrons. The summed E-state index contributed by atoms with van der Waals surface area (Å²) < 4.78 is 6.56. The number of nitrogens with two attached hydrogens (primary N) is 2. The van der Waals surface area contributed by atoms with Gasteiger partial charge >= 0.3 is 0 Å². The normalized spacial score (nSPS) is 10.3. The molecule has 0 aliphatic carbocycles. The van der Waals surface area contributed by atoms with E-state index in [0.29, 0.717) is 26.6 Å². The Morgan fingerprint density at radius 1 is 1.08 bits per heavy atom. The van der Waals surface area contributed by atoms with Gasteiger partial charge in [-0.25, -0.2) is 4.98 Å². The molecule has 0 aliphatic rings. The Kier molecular flexibility index (Phi) is 4.74. The Bertz CT molecular complexity index is 989. The first kappa shape index (κ1) is 17.0. The van der Waals surface area contributed by atoms with Crippen molar-refractivity contribution in [3.8, 4) is 28.8 Å². The standard InChI is InChI=1S/C17H11BrClN5O/c18-11-6-7-12(19)15(25-9-4-2-1-3-5-9)13(11)14-10(8-20)16(21)24-17(22)23-14/h1-7H,(H4,21,22,23,24). The number of nitriles is 1. The lowest BCUT2D eigenvalue weighted by atomic mass is 10.1. The Morgan fingerprint density at radius 2 is 1.80 bits per heavy atom. The largest absolute Gasteiger partial charge is 0.455 e. The van der Waals surface area contributed by atoms with Crippen molar-refractivity contribution in [2.75, 3.05) is 11.5 Å². The minimum Gasteiger partial charge on any atom is -0.455 e. The quantitative estimate of drug-likeness (QED) is 0.655. The van der Waals surface area contributed by atoms with E-state index in [2.05, 4.69) is 25.9 Å². The monoisotopic (exact) mass is 415 g/mol. The van der Waals surface area contributed by atoms with Gasteiger partial charge < -0.3 is 16.2 Å². The van der Waals surface area contributed by atoms with Gasteiger partial charge in [0.25, 0.3) is 0 Å². The maximum Gasteiger partial charge on any atom is 0.222 e. The van der Waals surface area contributed by atoms with Gasteiger partial charge in [0, 0.05) is 4.47 Å². The third-order valence-corrected chi connectivity index (χ3v) is 4.28. The molecule has 4 N–H and O–H groups in total. The third kappa shape index (κ3) is 3.36. The zero-order valence-electron chi connectivity index (χ0n) is 12.7. The second kappa shape index (κ2) is 6.97. The number of benzene rings is 2. The molecule has 1 aromatic heterocycles. The van der Waals surface area contributed by atoms with E-state index in [9.17, 15) is 5.26 Å². The van der Waals surface area contributed by atoms with Gasteiger partial charge in [0.1, 0.15) is 28.9 Å². The zero-order chi connectivity index (χ0) is 18.0. The van der Waals surface area contributed by atoms with Crippen molar-refractivity contribution >= 4 is 39.3 Å². The van der Waals surface area contributed by atoms with E-state index < -0.39 is 0 Å². The minimum absolute atomic E-state index is 0.0115. The molecule has 6 nitrogen and oxygen atoms in total. The molecule has 0 radical (unpaired) electrons. The van der Waals surface area contributed by atoms with E-state index in [1.165, 1.54) is 0 Å². The number of para-hydroxylation sites is 1. The van der Waals surface area contributed by atoms with Crippen LogP contribution in [0, 0.1) is 11.3 Å². The predicted octanol–water partition coefficient (Wildman–Crippen LogP) is 4.39. The van der Waals surface area contributed by atoms with Crippen molar-refractivity contribution in [3.63, 3.8) is 0 Å². The molecule has 0 amide bonds. The molecular formula is C17H11BrClN5O. The van der Waals surface area contributed by atoms with Crippen LogP contribution in [0.2, 0.25) is 5.02 Å². The summed E-state index contributed by atoms with van der Waals surface area (Å²) in [5, 5.41) is 9.80. The number of nitrogen functional groups attached to an aromatic ring is 2. The van der Waals surface area contributed by atoms with E-state index in [4.69, 9.17) is 27.8 Å². The van der Waals surface area contributed by atoms with Gasteiger partial charge in [-0.05, 0) is 40.2 Å². The highest BCUT2D eigenvalue weighted by molar-refractivity contribution is 9.10. The maximum absolute atomic E-state index is 9.45. The fourth-order valence-corrected chi connectivity index (χ4v) is 2.94. The summed E-state index contributed by atoms with van der Waals surface area (Å²) in [7, 11) is 0. The van der Waals surface area contributed by atoms with Crippen molar-refractivity contribution in [2.45, 2.75) is 0 Å². The Morgan fingerprint density at radius 3 is 2.48 bits per heavy atom.